The van der Waals surface area contributed by atoms with Gasteiger partial charge in [-0.05, 0) is 81.0 Å². The number of anilines is 1. The average Bonchev–Trinajstić information content (AvgIpc) is 3.09. The molecule has 6 heteroatoms. The fourth-order valence-corrected chi connectivity index (χ4v) is 5.81. The van der Waals surface area contributed by atoms with Crippen molar-refractivity contribution in [2.24, 2.45) is 11.3 Å². The predicted molar refractivity (Wildman–Crippen MR) is 142 cm³/mol. The Morgan fingerprint density at radius 2 is 1.91 bits per heavy atom. The summed E-state index contributed by atoms with van der Waals surface area (Å²) in [6, 6.07) is 7.67. The van der Waals surface area contributed by atoms with Crippen molar-refractivity contribution in [3.63, 3.8) is 0 Å². The van der Waals surface area contributed by atoms with Gasteiger partial charge in [0.15, 0.2) is 0 Å². The molecule has 1 aromatic heterocycles. The first-order valence-corrected chi connectivity index (χ1v) is 12.8. The summed E-state index contributed by atoms with van der Waals surface area (Å²) in [7, 11) is 0. The maximum absolute atomic E-state index is 13.1. The molecule has 1 atom stereocenters. The van der Waals surface area contributed by atoms with Crippen LogP contribution in [-0.2, 0) is 23.1 Å². The van der Waals surface area contributed by atoms with Crippen LogP contribution in [0.2, 0.25) is 0 Å². The van der Waals surface area contributed by atoms with Gasteiger partial charge in [-0.1, -0.05) is 51.1 Å². The Morgan fingerprint density at radius 3 is 2.53 bits per heavy atom. The molecule has 1 aromatic carbocycles. The molecule has 0 saturated heterocycles. The molecule has 0 aliphatic heterocycles. The zero-order valence-electron chi connectivity index (χ0n) is 21.6. The second kappa shape index (κ2) is 9.95. The van der Waals surface area contributed by atoms with Gasteiger partial charge in [0, 0.05) is 4.88 Å². The quantitative estimate of drug-likeness (QED) is 0.429. The SMILES string of the molecule is C=C(C)c1cccc(C(C)(C)NC(=O)Nc2sc3c(c2C(=O)OCC)CCC(C(C)(C)C)C3)c1. The van der Waals surface area contributed by atoms with Gasteiger partial charge in [-0.3, -0.25) is 5.32 Å². The first kappa shape index (κ1) is 26.0. The van der Waals surface area contributed by atoms with Crippen molar-refractivity contribution in [3.8, 4) is 0 Å². The molecule has 2 amide bonds. The number of amides is 2. The fraction of sp³-hybridized carbons (Fsp3) is 0.500. The number of hydrogen-bond acceptors (Lipinski definition) is 4. The monoisotopic (exact) mass is 482 g/mol. The van der Waals surface area contributed by atoms with Crippen LogP contribution in [0.15, 0.2) is 30.8 Å². The van der Waals surface area contributed by atoms with Crippen LogP contribution in [0, 0.1) is 11.3 Å². The van der Waals surface area contributed by atoms with E-state index in [2.05, 4.69) is 38.0 Å². The summed E-state index contributed by atoms with van der Waals surface area (Å²) in [5.41, 5.74) is 4.12. The van der Waals surface area contributed by atoms with E-state index < -0.39 is 5.54 Å². The lowest BCUT2D eigenvalue weighted by Gasteiger charge is -2.33. The number of urea groups is 1. The molecule has 2 N–H and O–H groups in total. The number of carbonyl (C=O) groups is 2. The molecule has 5 nitrogen and oxygen atoms in total. The Labute approximate surface area is 208 Å². The Hall–Kier alpha value is -2.60. The number of allylic oxidation sites excluding steroid dienone is 1. The lowest BCUT2D eigenvalue weighted by atomic mass is 9.72. The van der Waals surface area contributed by atoms with Gasteiger partial charge in [-0.15, -0.1) is 11.3 Å². The summed E-state index contributed by atoms with van der Waals surface area (Å²) in [5.74, 6) is 0.174. The van der Waals surface area contributed by atoms with Crippen LogP contribution in [0.1, 0.15) is 86.8 Å². The number of carbonyl (C=O) groups excluding carboxylic acids is 2. The summed E-state index contributed by atoms with van der Waals surface area (Å²) in [6.07, 6.45) is 2.76. The fourth-order valence-electron chi connectivity index (χ4n) is 4.50. The molecular weight excluding hydrogens is 444 g/mol. The number of ether oxygens (including phenoxy) is 1. The van der Waals surface area contributed by atoms with Crippen molar-refractivity contribution < 1.29 is 14.3 Å². The summed E-state index contributed by atoms with van der Waals surface area (Å²) in [4.78, 5) is 27.2. The van der Waals surface area contributed by atoms with Crippen molar-refractivity contribution in [2.75, 3.05) is 11.9 Å². The van der Waals surface area contributed by atoms with E-state index in [-0.39, 0.29) is 17.4 Å². The van der Waals surface area contributed by atoms with Crippen molar-refractivity contribution >= 4 is 33.9 Å². The van der Waals surface area contributed by atoms with Gasteiger partial charge in [-0.25, -0.2) is 9.59 Å². The van der Waals surface area contributed by atoms with E-state index in [1.165, 1.54) is 16.2 Å². The third kappa shape index (κ3) is 5.72. The lowest BCUT2D eigenvalue weighted by molar-refractivity contribution is 0.0526. The third-order valence-electron chi connectivity index (χ3n) is 6.70. The van der Waals surface area contributed by atoms with Gasteiger partial charge < -0.3 is 10.1 Å². The molecule has 1 unspecified atom stereocenters. The molecule has 34 heavy (non-hydrogen) atoms. The molecule has 3 rings (SSSR count). The molecule has 2 aromatic rings. The highest BCUT2D eigenvalue weighted by atomic mass is 32.1. The number of rotatable bonds is 6. The van der Waals surface area contributed by atoms with E-state index in [4.69, 9.17) is 4.74 Å². The highest BCUT2D eigenvalue weighted by Crippen LogP contribution is 2.44. The molecule has 1 heterocycles. The summed E-state index contributed by atoms with van der Waals surface area (Å²) < 4.78 is 5.36. The third-order valence-corrected chi connectivity index (χ3v) is 7.87. The summed E-state index contributed by atoms with van der Waals surface area (Å²) in [6.45, 7) is 18.8. The normalized spacial score (nSPS) is 15.9. The topological polar surface area (TPSA) is 67.4 Å². The zero-order chi connectivity index (χ0) is 25.3. The van der Waals surface area contributed by atoms with Crippen molar-refractivity contribution in [3.05, 3.63) is 58.0 Å². The maximum Gasteiger partial charge on any atom is 0.341 e. The van der Waals surface area contributed by atoms with Gasteiger partial charge in [0.1, 0.15) is 5.00 Å². The number of nitrogens with one attached hydrogen (secondary N) is 2. The molecule has 0 fully saturated rings. The van der Waals surface area contributed by atoms with E-state index in [0.717, 1.165) is 41.5 Å². The van der Waals surface area contributed by atoms with Gasteiger partial charge in [-0.2, -0.15) is 0 Å². The van der Waals surface area contributed by atoms with E-state index in [0.29, 0.717) is 23.1 Å². The second-order valence-corrected chi connectivity index (χ2v) is 11.9. The van der Waals surface area contributed by atoms with E-state index >= 15 is 0 Å². The standard InChI is InChI=1S/C28H38N2O3S/c1-9-33-25(31)23-21-14-13-19(27(4,5)6)16-22(21)34-24(23)29-26(32)30-28(7,8)20-12-10-11-18(15-20)17(2)3/h10-12,15,19H,2,9,13-14,16H2,1,3-8H3,(H2,29,30,32). The first-order chi connectivity index (χ1) is 15.8. The van der Waals surface area contributed by atoms with Crippen LogP contribution in [-0.4, -0.2) is 18.6 Å². The second-order valence-electron chi connectivity index (χ2n) is 10.8. The Bertz CT molecular complexity index is 1090. The number of thiophene rings is 1. The minimum atomic E-state index is -0.617. The molecular formula is C28H38N2O3S. The minimum Gasteiger partial charge on any atom is -0.462 e. The Morgan fingerprint density at radius 1 is 1.21 bits per heavy atom. The number of hydrogen-bond donors (Lipinski definition) is 2. The summed E-state index contributed by atoms with van der Waals surface area (Å²) in [5, 5.41) is 6.62. The molecule has 0 radical (unpaired) electrons. The minimum absolute atomic E-state index is 0.194. The van der Waals surface area contributed by atoms with Gasteiger partial charge in [0.25, 0.3) is 0 Å². The maximum atomic E-state index is 13.1. The van der Waals surface area contributed by atoms with E-state index in [1.54, 1.807) is 6.92 Å². The van der Waals surface area contributed by atoms with Crippen molar-refractivity contribution in [2.45, 2.75) is 73.3 Å². The highest BCUT2D eigenvalue weighted by Gasteiger charge is 2.35. The Balaban J connectivity index is 1.86. The molecule has 0 saturated carbocycles. The van der Waals surface area contributed by atoms with Gasteiger partial charge in [0.2, 0.25) is 0 Å². The van der Waals surface area contributed by atoms with Crippen LogP contribution < -0.4 is 10.6 Å². The van der Waals surface area contributed by atoms with Crippen LogP contribution in [0.4, 0.5) is 9.80 Å². The molecule has 184 valence electrons. The van der Waals surface area contributed by atoms with Crippen LogP contribution >= 0.6 is 11.3 Å². The first-order valence-electron chi connectivity index (χ1n) is 12.0. The summed E-state index contributed by atoms with van der Waals surface area (Å²) >= 11 is 1.51. The molecule has 1 aliphatic rings. The van der Waals surface area contributed by atoms with Gasteiger partial charge >= 0.3 is 12.0 Å². The van der Waals surface area contributed by atoms with Gasteiger partial charge in [0.05, 0.1) is 17.7 Å². The number of benzene rings is 1. The van der Waals surface area contributed by atoms with Crippen molar-refractivity contribution in [1.82, 2.24) is 5.32 Å². The largest absolute Gasteiger partial charge is 0.462 e. The molecule has 0 spiro atoms. The zero-order valence-corrected chi connectivity index (χ0v) is 22.4. The van der Waals surface area contributed by atoms with Crippen LogP contribution in [0.3, 0.4) is 0 Å². The smallest absolute Gasteiger partial charge is 0.341 e. The lowest BCUT2D eigenvalue weighted by Crippen LogP contribution is -2.43. The highest BCUT2D eigenvalue weighted by molar-refractivity contribution is 7.17. The predicted octanol–water partition coefficient (Wildman–Crippen LogP) is 7.17. The van der Waals surface area contributed by atoms with E-state index in [9.17, 15) is 9.59 Å². The van der Waals surface area contributed by atoms with Crippen LogP contribution in [0.25, 0.3) is 5.57 Å². The van der Waals surface area contributed by atoms with Crippen LogP contribution in [0.5, 0.6) is 0 Å². The van der Waals surface area contributed by atoms with E-state index in [1.807, 2.05) is 45.0 Å². The molecule has 0 bridgehead atoms. The number of esters is 1. The van der Waals surface area contributed by atoms with Crippen molar-refractivity contribution in [1.29, 1.82) is 0 Å². The number of fused-ring (bicyclic) bond motifs is 1. The Kier molecular flexibility index (Phi) is 7.61. The molecule has 1 aliphatic carbocycles. The average molecular weight is 483 g/mol.